The minimum Gasteiger partial charge on any atom is -0.507 e. The molecule has 0 aliphatic heterocycles. The number of halogens is 3. The van der Waals surface area contributed by atoms with E-state index < -0.39 is 10.0 Å². The Hall–Kier alpha value is -1.99. The maximum atomic E-state index is 12.4. The number of hydrogen-bond acceptors (Lipinski definition) is 4. The predicted molar refractivity (Wildman–Crippen MR) is 105 cm³/mol. The molecule has 3 aromatic carbocycles. The van der Waals surface area contributed by atoms with E-state index in [9.17, 15) is 13.5 Å². The Morgan fingerprint density at radius 1 is 0.962 bits per heavy atom. The highest BCUT2D eigenvalue weighted by molar-refractivity contribution is 7.89. The average Bonchev–Trinajstić information content (AvgIpc) is 2.60. The molecule has 26 heavy (non-hydrogen) atoms. The van der Waals surface area contributed by atoms with Crippen molar-refractivity contribution in [1.29, 1.82) is 0 Å². The second-order valence-corrected chi connectivity index (χ2v) is 8.12. The molecule has 0 saturated carbocycles. The van der Waals surface area contributed by atoms with Crippen LogP contribution in [0, 0.1) is 0 Å². The van der Waals surface area contributed by atoms with E-state index in [1.54, 1.807) is 18.2 Å². The lowest BCUT2D eigenvalue weighted by Crippen LogP contribution is -2.19. The Kier molecular flexibility index (Phi) is 5.29. The number of fused-ring (bicyclic) bond motifs is 1. The Balaban J connectivity index is 1.94. The molecule has 0 heterocycles. The van der Waals surface area contributed by atoms with Crippen LogP contribution in [0.25, 0.3) is 10.8 Å². The fourth-order valence-corrected chi connectivity index (χ4v) is 4.13. The number of benzene rings is 3. The molecule has 0 saturated heterocycles. The number of rotatable bonds is 4. The summed E-state index contributed by atoms with van der Waals surface area (Å²) in [6.07, 6.45) is 1.22. The van der Waals surface area contributed by atoms with E-state index in [2.05, 4.69) is 5.10 Å². The van der Waals surface area contributed by atoms with Crippen molar-refractivity contribution in [3.05, 3.63) is 69.2 Å². The van der Waals surface area contributed by atoms with Crippen molar-refractivity contribution >= 4 is 61.8 Å². The molecule has 0 aromatic heterocycles. The molecule has 0 radical (unpaired) electrons. The van der Waals surface area contributed by atoms with Gasteiger partial charge < -0.3 is 5.11 Å². The van der Waals surface area contributed by atoms with E-state index in [0.717, 1.165) is 16.8 Å². The molecule has 0 aliphatic rings. The van der Waals surface area contributed by atoms with Crippen LogP contribution in [-0.4, -0.2) is 19.7 Å². The molecule has 0 atom stereocenters. The van der Waals surface area contributed by atoms with E-state index in [0.29, 0.717) is 5.56 Å². The molecule has 0 bridgehead atoms. The van der Waals surface area contributed by atoms with Crippen LogP contribution < -0.4 is 4.83 Å². The van der Waals surface area contributed by atoms with Crippen LogP contribution in [0.15, 0.2) is 58.5 Å². The monoisotopic (exact) mass is 428 g/mol. The first-order valence-corrected chi connectivity index (χ1v) is 9.81. The summed E-state index contributed by atoms with van der Waals surface area (Å²) >= 11 is 17.6. The summed E-state index contributed by atoms with van der Waals surface area (Å²) in [5, 5.41) is 15.5. The van der Waals surface area contributed by atoms with Crippen LogP contribution >= 0.6 is 34.8 Å². The van der Waals surface area contributed by atoms with Gasteiger partial charge in [0.15, 0.2) is 0 Å². The van der Waals surface area contributed by atoms with Crippen LogP contribution in [-0.2, 0) is 10.0 Å². The van der Waals surface area contributed by atoms with Crippen molar-refractivity contribution in [2.24, 2.45) is 5.10 Å². The topological polar surface area (TPSA) is 78.8 Å². The Bertz CT molecular complexity index is 1130. The van der Waals surface area contributed by atoms with Gasteiger partial charge in [0.2, 0.25) is 0 Å². The van der Waals surface area contributed by atoms with Gasteiger partial charge in [0.25, 0.3) is 10.0 Å². The average molecular weight is 430 g/mol. The standard InChI is InChI=1S/C17H11Cl3N2O3S/c18-13-7-15(20)17(8-14(13)19)26(24,25)22-21-9-12-11-4-2-1-3-10(11)5-6-16(12)23/h1-9,22-23H/b21-9+. The van der Waals surface area contributed by atoms with Gasteiger partial charge in [-0.2, -0.15) is 13.5 Å². The maximum absolute atomic E-state index is 12.4. The van der Waals surface area contributed by atoms with Gasteiger partial charge in [-0.3, -0.25) is 0 Å². The van der Waals surface area contributed by atoms with Crippen LogP contribution in [0.5, 0.6) is 5.75 Å². The molecule has 134 valence electrons. The first-order chi connectivity index (χ1) is 12.3. The number of nitrogens with zero attached hydrogens (tertiary/aromatic N) is 1. The van der Waals surface area contributed by atoms with E-state index in [4.69, 9.17) is 34.8 Å². The molecule has 3 rings (SSSR count). The van der Waals surface area contributed by atoms with Gasteiger partial charge in [0.1, 0.15) is 10.6 Å². The molecular weight excluding hydrogens is 419 g/mol. The molecule has 2 N–H and O–H groups in total. The molecular formula is C17H11Cl3N2O3S. The smallest absolute Gasteiger partial charge is 0.278 e. The normalized spacial score (nSPS) is 12.0. The van der Waals surface area contributed by atoms with E-state index in [1.165, 1.54) is 18.3 Å². The number of phenolic OH excluding ortho intramolecular Hbond substituents is 1. The van der Waals surface area contributed by atoms with Gasteiger partial charge in [-0.05, 0) is 29.0 Å². The van der Waals surface area contributed by atoms with Crippen LogP contribution in [0.3, 0.4) is 0 Å². The Morgan fingerprint density at radius 3 is 2.42 bits per heavy atom. The number of hydrazone groups is 1. The molecule has 0 spiro atoms. The minimum atomic E-state index is -4.07. The van der Waals surface area contributed by atoms with Gasteiger partial charge in [-0.15, -0.1) is 0 Å². The number of nitrogens with one attached hydrogen (secondary N) is 1. The molecule has 0 fully saturated rings. The van der Waals surface area contributed by atoms with E-state index in [1.807, 2.05) is 17.0 Å². The SMILES string of the molecule is O=S(=O)(N/N=C/c1c(O)ccc2ccccc12)c1cc(Cl)c(Cl)cc1Cl. The summed E-state index contributed by atoms with van der Waals surface area (Å²) in [5.74, 6) is -0.0285. The predicted octanol–water partition coefficient (Wildman–Crippen LogP) is 4.82. The van der Waals surface area contributed by atoms with Crippen LogP contribution in [0.4, 0.5) is 0 Å². The summed E-state index contributed by atoms with van der Waals surface area (Å²) in [6.45, 7) is 0. The third-order valence-corrected chi connectivity index (χ3v) is 5.99. The van der Waals surface area contributed by atoms with Crippen molar-refractivity contribution in [3.63, 3.8) is 0 Å². The first kappa shape index (κ1) is 18.8. The zero-order valence-electron chi connectivity index (χ0n) is 12.9. The summed E-state index contributed by atoms with van der Waals surface area (Å²) in [5.41, 5.74) is 0.381. The molecule has 5 nitrogen and oxygen atoms in total. The molecule has 9 heteroatoms. The highest BCUT2D eigenvalue weighted by Gasteiger charge is 2.19. The number of sulfonamides is 1. The number of hydrogen-bond donors (Lipinski definition) is 2. The van der Waals surface area contributed by atoms with Gasteiger partial charge in [-0.25, -0.2) is 4.83 Å². The quantitative estimate of drug-likeness (QED) is 0.354. The lowest BCUT2D eigenvalue weighted by molar-refractivity contribution is 0.475. The third-order valence-electron chi connectivity index (χ3n) is 3.58. The zero-order valence-corrected chi connectivity index (χ0v) is 16.0. The minimum absolute atomic E-state index is 0.0285. The summed E-state index contributed by atoms with van der Waals surface area (Å²) < 4.78 is 24.8. The fourth-order valence-electron chi connectivity index (χ4n) is 2.34. The molecule has 0 unspecified atom stereocenters. The summed E-state index contributed by atoms with van der Waals surface area (Å²) in [7, 11) is -4.07. The highest BCUT2D eigenvalue weighted by atomic mass is 35.5. The molecule has 0 aliphatic carbocycles. The van der Waals surface area contributed by atoms with Crippen molar-refractivity contribution in [2.45, 2.75) is 4.90 Å². The maximum Gasteiger partial charge on any atom is 0.278 e. The van der Waals surface area contributed by atoms with Crippen LogP contribution in [0.1, 0.15) is 5.56 Å². The third kappa shape index (κ3) is 3.73. The molecule has 3 aromatic rings. The number of aromatic hydroxyl groups is 1. The van der Waals surface area contributed by atoms with Gasteiger partial charge in [0, 0.05) is 5.56 Å². The summed E-state index contributed by atoms with van der Waals surface area (Å²) in [4.78, 5) is 1.79. The second kappa shape index (κ2) is 7.32. The second-order valence-electron chi connectivity index (χ2n) is 5.27. The summed E-state index contributed by atoms with van der Waals surface area (Å²) in [6, 6.07) is 13.0. The fraction of sp³-hybridized carbons (Fsp3) is 0. The first-order valence-electron chi connectivity index (χ1n) is 7.20. The van der Waals surface area contributed by atoms with Gasteiger partial charge in [0.05, 0.1) is 21.3 Å². The number of phenols is 1. The lowest BCUT2D eigenvalue weighted by Gasteiger charge is -2.08. The zero-order chi connectivity index (χ0) is 18.9. The largest absolute Gasteiger partial charge is 0.507 e. The Labute approximate surface area is 164 Å². The van der Waals surface area contributed by atoms with E-state index >= 15 is 0 Å². The Morgan fingerprint density at radius 2 is 1.65 bits per heavy atom. The molecule has 0 amide bonds. The van der Waals surface area contributed by atoms with Crippen molar-refractivity contribution < 1.29 is 13.5 Å². The van der Waals surface area contributed by atoms with Crippen molar-refractivity contribution in [3.8, 4) is 5.75 Å². The van der Waals surface area contributed by atoms with E-state index in [-0.39, 0.29) is 25.7 Å². The van der Waals surface area contributed by atoms with Gasteiger partial charge in [-0.1, -0.05) is 65.1 Å². The van der Waals surface area contributed by atoms with Gasteiger partial charge >= 0.3 is 0 Å². The van der Waals surface area contributed by atoms with Crippen molar-refractivity contribution in [1.82, 2.24) is 4.83 Å². The van der Waals surface area contributed by atoms with Crippen molar-refractivity contribution in [2.75, 3.05) is 0 Å². The lowest BCUT2D eigenvalue weighted by atomic mass is 10.0. The van der Waals surface area contributed by atoms with Crippen LogP contribution in [0.2, 0.25) is 15.1 Å². The highest BCUT2D eigenvalue weighted by Crippen LogP contribution is 2.31.